The van der Waals surface area contributed by atoms with Crippen LogP contribution in [0, 0.1) is 0 Å². The van der Waals surface area contributed by atoms with Crippen molar-refractivity contribution in [1.29, 1.82) is 0 Å². The summed E-state index contributed by atoms with van der Waals surface area (Å²) in [4.78, 5) is 14.4. The Kier molecular flexibility index (Phi) is 3.85. The Morgan fingerprint density at radius 1 is 1.45 bits per heavy atom. The van der Waals surface area contributed by atoms with Crippen molar-refractivity contribution in [1.82, 2.24) is 10.2 Å². The molecule has 1 aliphatic heterocycles. The predicted molar refractivity (Wildman–Crippen MR) is 84.8 cm³/mol. The number of hydrogen-bond acceptors (Lipinski definition) is 4. The molecule has 2 aromatic heterocycles. The number of fused-ring (bicyclic) bond motifs is 1. The van der Waals surface area contributed by atoms with Crippen molar-refractivity contribution in [2.24, 2.45) is 0 Å². The summed E-state index contributed by atoms with van der Waals surface area (Å²) in [6, 6.07) is 3.92. The smallest absolute Gasteiger partial charge is 0.266 e. The highest BCUT2D eigenvalue weighted by Crippen LogP contribution is 2.32. The standard InChI is InChI=1S/C14H17N3OS2/c1-8(2)10-6-13(17-16-10)15-14(18)12-5-9-7-19-4-3-11(9)20-12/h5-6,8H,3-4,7H2,1-2H3,(H2,15,16,17,18). The van der Waals surface area contributed by atoms with Crippen LogP contribution >= 0.6 is 23.1 Å². The molecule has 4 nitrogen and oxygen atoms in total. The van der Waals surface area contributed by atoms with Crippen molar-refractivity contribution in [3.8, 4) is 0 Å². The zero-order chi connectivity index (χ0) is 14.1. The average molecular weight is 307 g/mol. The monoisotopic (exact) mass is 307 g/mol. The second-order valence-corrected chi connectivity index (χ2v) is 7.42. The number of carbonyl (C=O) groups is 1. The molecule has 3 rings (SSSR count). The Labute approximate surface area is 126 Å². The fourth-order valence-corrected chi connectivity index (χ4v) is 4.40. The van der Waals surface area contributed by atoms with Crippen molar-refractivity contribution < 1.29 is 4.79 Å². The molecule has 0 aliphatic carbocycles. The van der Waals surface area contributed by atoms with Gasteiger partial charge in [-0.2, -0.15) is 16.9 Å². The highest BCUT2D eigenvalue weighted by atomic mass is 32.2. The summed E-state index contributed by atoms with van der Waals surface area (Å²) in [5.74, 6) is 3.10. The second kappa shape index (κ2) is 5.61. The van der Waals surface area contributed by atoms with E-state index in [2.05, 4.69) is 29.4 Å². The molecular formula is C14H17N3OS2. The van der Waals surface area contributed by atoms with Crippen molar-refractivity contribution in [3.05, 3.63) is 33.1 Å². The molecule has 3 heterocycles. The lowest BCUT2D eigenvalue weighted by molar-refractivity contribution is 0.103. The molecule has 106 valence electrons. The molecule has 0 radical (unpaired) electrons. The van der Waals surface area contributed by atoms with Crippen LogP contribution in [0.4, 0.5) is 5.82 Å². The summed E-state index contributed by atoms with van der Waals surface area (Å²) in [6.45, 7) is 4.17. The van der Waals surface area contributed by atoms with Crippen LogP contribution < -0.4 is 5.32 Å². The van der Waals surface area contributed by atoms with E-state index >= 15 is 0 Å². The molecule has 2 N–H and O–H groups in total. The van der Waals surface area contributed by atoms with Gasteiger partial charge >= 0.3 is 0 Å². The third-order valence-corrected chi connectivity index (χ3v) is 5.56. The van der Waals surface area contributed by atoms with Crippen LogP contribution in [0.25, 0.3) is 0 Å². The van der Waals surface area contributed by atoms with E-state index in [1.807, 2.05) is 23.9 Å². The minimum Gasteiger partial charge on any atom is -0.304 e. The average Bonchev–Trinajstić information content (AvgIpc) is 3.04. The topological polar surface area (TPSA) is 57.8 Å². The van der Waals surface area contributed by atoms with E-state index in [9.17, 15) is 4.79 Å². The lowest BCUT2D eigenvalue weighted by Crippen LogP contribution is -2.10. The molecule has 0 unspecified atom stereocenters. The number of thioether (sulfide) groups is 1. The molecule has 6 heteroatoms. The summed E-state index contributed by atoms with van der Waals surface area (Å²) in [6.07, 6.45) is 1.08. The van der Waals surface area contributed by atoms with Crippen LogP contribution in [0.3, 0.4) is 0 Å². The number of thiophene rings is 1. The molecule has 0 saturated carbocycles. The van der Waals surface area contributed by atoms with Gasteiger partial charge in [-0.3, -0.25) is 9.89 Å². The number of amides is 1. The summed E-state index contributed by atoms with van der Waals surface area (Å²) in [5.41, 5.74) is 2.35. The quantitative estimate of drug-likeness (QED) is 0.910. The van der Waals surface area contributed by atoms with E-state index in [1.165, 1.54) is 10.4 Å². The fraction of sp³-hybridized carbons (Fsp3) is 0.429. The van der Waals surface area contributed by atoms with Gasteiger partial charge in [-0.25, -0.2) is 0 Å². The highest BCUT2D eigenvalue weighted by molar-refractivity contribution is 7.98. The number of aryl methyl sites for hydroxylation is 1. The number of aromatic nitrogens is 2. The number of rotatable bonds is 3. The van der Waals surface area contributed by atoms with Gasteiger partial charge in [0.2, 0.25) is 0 Å². The second-order valence-electron chi connectivity index (χ2n) is 5.18. The number of anilines is 1. The van der Waals surface area contributed by atoms with Gasteiger partial charge in [0.15, 0.2) is 5.82 Å². The zero-order valence-electron chi connectivity index (χ0n) is 11.5. The molecule has 20 heavy (non-hydrogen) atoms. The van der Waals surface area contributed by atoms with Crippen molar-refractivity contribution in [2.45, 2.75) is 31.9 Å². The molecule has 0 atom stereocenters. The summed E-state index contributed by atoms with van der Waals surface area (Å²) in [7, 11) is 0. The number of nitrogens with one attached hydrogen (secondary N) is 2. The molecule has 2 aromatic rings. The Hall–Kier alpha value is -1.27. The van der Waals surface area contributed by atoms with Crippen LogP contribution in [0.15, 0.2) is 12.1 Å². The Bertz CT molecular complexity index is 607. The molecule has 0 bridgehead atoms. The summed E-state index contributed by atoms with van der Waals surface area (Å²) < 4.78 is 0. The summed E-state index contributed by atoms with van der Waals surface area (Å²) in [5, 5.41) is 9.94. The normalized spacial score (nSPS) is 14.3. The molecular weight excluding hydrogens is 290 g/mol. The fourth-order valence-electron chi connectivity index (χ4n) is 2.13. The van der Waals surface area contributed by atoms with Crippen LogP contribution in [-0.2, 0) is 12.2 Å². The van der Waals surface area contributed by atoms with Gasteiger partial charge in [0.1, 0.15) is 0 Å². The maximum Gasteiger partial charge on any atom is 0.266 e. The van der Waals surface area contributed by atoms with Crippen molar-refractivity contribution >= 4 is 34.8 Å². The number of H-pyrrole nitrogens is 1. The number of carbonyl (C=O) groups excluding carboxylic acids is 1. The van der Waals surface area contributed by atoms with Crippen LogP contribution in [-0.4, -0.2) is 21.9 Å². The van der Waals surface area contributed by atoms with Gasteiger partial charge in [-0.1, -0.05) is 13.8 Å². The largest absolute Gasteiger partial charge is 0.304 e. The zero-order valence-corrected chi connectivity index (χ0v) is 13.2. The third-order valence-electron chi connectivity index (χ3n) is 3.31. The van der Waals surface area contributed by atoms with E-state index in [-0.39, 0.29) is 5.91 Å². The first-order chi connectivity index (χ1) is 9.63. The van der Waals surface area contributed by atoms with Gasteiger partial charge in [-0.05, 0) is 29.7 Å². The van der Waals surface area contributed by atoms with E-state index in [0.29, 0.717) is 11.7 Å². The number of hydrogen-bond donors (Lipinski definition) is 2. The van der Waals surface area contributed by atoms with Gasteiger partial charge in [0.25, 0.3) is 5.91 Å². The molecule has 0 aromatic carbocycles. The van der Waals surface area contributed by atoms with Gasteiger partial charge in [0, 0.05) is 22.4 Å². The van der Waals surface area contributed by atoms with E-state index in [0.717, 1.165) is 28.5 Å². The molecule has 0 spiro atoms. The number of aromatic amines is 1. The van der Waals surface area contributed by atoms with Crippen LogP contribution in [0.1, 0.15) is 45.6 Å². The summed E-state index contributed by atoms with van der Waals surface area (Å²) >= 11 is 3.54. The molecule has 1 amide bonds. The maximum atomic E-state index is 12.2. The SMILES string of the molecule is CC(C)c1cc(NC(=O)c2cc3c(s2)CCSC3)n[nH]1. The Morgan fingerprint density at radius 3 is 3.00 bits per heavy atom. The van der Waals surface area contributed by atoms with Gasteiger partial charge < -0.3 is 5.32 Å². The minimum atomic E-state index is -0.0591. The van der Waals surface area contributed by atoms with Crippen LogP contribution in [0.5, 0.6) is 0 Å². The van der Waals surface area contributed by atoms with E-state index in [4.69, 9.17) is 0 Å². The lowest BCUT2D eigenvalue weighted by atomic mass is 10.1. The van der Waals surface area contributed by atoms with Crippen molar-refractivity contribution in [2.75, 3.05) is 11.1 Å². The molecule has 0 saturated heterocycles. The van der Waals surface area contributed by atoms with Gasteiger partial charge in [-0.15, -0.1) is 11.3 Å². The molecule has 1 aliphatic rings. The Morgan fingerprint density at radius 2 is 2.30 bits per heavy atom. The maximum absolute atomic E-state index is 12.2. The van der Waals surface area contributed by atoms with E-state index in [1.54, 1.807) is 11.3 Å². The first kappa shape index (κ1) is 13.7. The lowest BCUT2D eigenvalue weighted by Gasteiger charge is -2.08. The third kappa shape index (κ3) is 2.76. The van der Waals surface area contributed by atoms with Crippen LogP contribution in [0.2, 0.25) is 0 Å². The predicted octanol–water partition coefficient (Wildman–Crippen LogP) is 3.64. The Balaban J connectivity index is 1.73. The van der Waals surface area contributed by atoms with Crippen molar-refractivity contribution in [3.63, 3.8) is 0 Å². The molecule has 0 fully saturated rings. The highest BCUT2D eigenvalue weighted by Gasteiger charge is 2.18. The first-order valence-electron chi connectivity index (χ1n) is 6.69. The van der Waals surface area contributed by atoms with E-state index < -0.39 is 0 Å². The van der Waals surface area contributed by atoms with Gasteiger partial charge in [0.05, 0.1) is 4.88 Å². The number of nitrogens with zero attached hydrogens (tertiary/aromatic N) is 1. The minimum absolute atomic E-state index is 0.0591. The first-order valence-corrected chi connectivity index (χ1v) is 8.66.